The second-order valence-electron chi connectivity index (χ2n) is 4.77. The minimum Gasteiger partial charge on any atom is -0.502 e. The number of rotatable bonds is 2. The van der Waals surface area contributed by atoms with Gasteiger partial charge in [0.05, 0.1) is 16.3 Å². The van der Waals surface area contributed by atoms with Crippen LogP contribution in [0.15, 0.2) is 48.2 Å². The number of hydrogen-bond donors (Lipinski definition) is 1. The molecule has 3 rings (SSSR count). The van der Waals surface area contributed by atoms with Gasteiger partial charge < -0.3 is 5.11 Å². The van der Waals surface area contributed by atoms with Crippen molar-refractivity contribution in [3.8, 4) is 0 Å². The number of aliphatic hydroxyl groups is 1. The molecule has 1 aliphatic heterocycles. The summed E-state index contributed by atoms with van der Waals surface area (Å²) < 4.78 is 26.2. The third kappa shape index (κ3) is 2.47. The molecule has 1 N–H and O–H groups in total. The molecule has 0 aliphatic carbocycles. The summed E-state index contributed by atoms with van der Waals surface area (Å²) in [6.45, 7) is 0. The highest BCUT2D eigenvalue weighted by atomic mass is 35.5. The summed E-state index contributed by atoms with van der Waals surface area (Å²) in [5.74, 6) is -3.75. The number of hydrogen-bond acceptors (Lipinski definition) is 3. The van der Waals surface area contributed by atoms with Crippen LogP contribution in [0.3, 0.4) is 0 Å². The van der Waals surface area contributed by atoms with E-state index in [0.29, 0.717) is 4.90 Å². The van der Waals surface area contributed by atoms with Crippen molar-refractivity contribution in [1.29, 1.82) is 0 Å². The van der Waals surface area contributed by atoms with Crippen LogP contribution in [0.5, 0.6) is 0 Å². The summed E-state index contributed by atoms with van der Waals surface area (Å²) in [6, 6.07) is 8.05. The Balaban J connectivity index is 2.05. The summed E-state index contributed by atoms with van der Waals surface area (Å²) in [6.07, 6.45) is 0. The van der Waals surface area contributed by atoms with Crippen molar-refractivity contribution in [1.82, 2.24) is 0 Å². The zero-order chi connectivity index (χ0) is 16.7. The van der Waals surface area contributed by atoms with Gasteiger partial charge in [0, 0.05) is 0 Å². The van der Waals surface area contributed by atoms with Crippen LogP contribution in [0.4, 0.5) is 14.5 Å². The van der Waals surface area contributed by atoms with Crippen molar-refractivity contribution >= 4 is 34.7 Å². The molecule has 2 aromatic carbocycles. The molecule has 23 heavy (non-hydrogen) atoms. The molecule has 2 amide bonds. The Labute approximate surface area is 134 Å². The topological polar surface area (TPSA) is 57.6 Å². The second-order valence-corrected chi connectivity index (χ2v) is 5.18. The first kappa shape index (κ1) is 15.2. The highest BCUT2D eigenvalue weighted by molar-refractivity contribution is 6.45. The van der Waals surface area contributed by atoms with Crippen LogP contribution in [0, 0.1) is 11.6 Å². The molecular formula is C16H8ClF2NO3. The van der Waals surface area contributed by atoms with E-state index in [2.05, 4.69) is 0 Å². The standard InChI is InChI=1S/C16H8ClF2NO3/c17-11-7-10(5-6-12(11)19)20-15(22)13(14(21)16(20)23)8-1-3-9(18)4-2-8/h1-7,21H. The Kier molecular flexibility index (Phi) is 3.61. The number of aliphatic hydroxyl groups excluding tert-OH is 1. The van der Waals surface area contributed by atoms with E-state index in [1.54, 1.807) is 0 Å². The van der Waals surface area contributed by atoms with Crippen LogP contribution >= 0.6 is 11.6 Å². The van der Waals surface area contributed by atoms with Gasteiger partial charge in [-0.2, -0.15) is 0 Å². The lowest BCUT2D eigenvalue weighted by molar-refractivity contribution is -0.121. The summed E-state index contributed by atoms with van der Waals surface area (Å²) in [5, 5.41) is 9.71. The Morgan fingerprint density at radius 1 is 0.957 bits per heavy atom. The molecule has 0 atom stereocenters. The Morgan fingerprint density at radius 3 is 2.22 bits per heavy atom. The van der Waals surface area contributed by atoms with Crippen molar-refractivity contribution < 1.29 is 23.5 Å². The predicted molar refractivity (Wildman–Crippen MR) is 79.9 cm³/mol. The SMILES string of the molecule is O=C1C(O)=C(c2ccc(F)cc2)C(=O)N1c1ccc(F)c(Cl)c1. The average molecular weight is 336 g/mol. The first-order valence-electron chi connectivity index (χ1n) is 6.43. The van der Waals surface area contributed by atoms with E-state index >= 15 is 0 Å². The highest BCUT2D eigenvalue weighted by Crippen LogP contribution is 2.33. The number of benzene rings is 2. The maximum Gasteiger partial charge on any atom is 0.301 e. The lowest BCUT2D eigenvalue weighted by Gasteiger charge is -2.15. The molecule has 0 unspecified atom stereocenters. The van der Waals surface area contributed by atoms with Crippen LogP contribution in [0.2, 0.25) is 5.02 Å². The average Bonchev–Trinajstić information content (AvgIpc) is 2.74. The van der Waals surface area contributed by atoms with Crippen molar-refractivity contribution in [3.05, 3.63) is 70.4 Å². The monoisotopic (exact) mass is 335 g/mol. The Hall–Kier alpha value is -2.73. The molecule has 116 valence electrons. The Bertz CT molecular complexity index is 862. The molecule has 0 bridgehead atoms. The number of carbonyl (C=O) groups is 2. The number of amides is 2. The molecular weight excluding hydrogens is 328 g/mol. The van der Waals surface area contributed by atoms with Crippen LogP contribution < -0.4 is 4.90 Å². The quantitative estimate of drug-likeness (QED) is 0.855. The Morgan fingerprint density at radius 2 is 1.61 bits per heavy atom. The van der Waals surface area contributed by atoms with Crippen molar-refractivity contribution in [2.45, 2.75) is 0 Å². The van der Waals surface area contributed by atoms with Gasteiger partial charge in [0.15, 0.2) is 5.76 Å². The molecule has 0 spiro atoms. The van der Waals surface area contributed by atoms with Crippen molar-refractivity contribution in [2.75, 3.05) is 4.90 Å². The van der Waals surface area contributed by atoms with E-state index in [1.807, 2.05) is 0 Å². The number of imide groups is 1. The van der Waals surface area contributed by atoms with E-state index in [1.165, 1.54) is 18.2 Å². The molecule has 0 saturated carbocycles. The molecule has 0 aromatic heterocycles. The van der Waals surface area contributed by atoms with E-state index in [4.69, 9.17) is 11.6 Å². The second kappa shape index (κ2) is 5.48. The third-order valence-corrected chi connectivity index (χ3v) is 3.64. The largest absolute Gasteiger partial charge is 0.502 e. The summed E-state index contributed by atoms with van der Waals surface area (Å²) in [4.78, 5) is 25.3. The van der Waals surface area contributed by atoms with Gasteiger partial charge in [-0.3, -0.25) is 9.59 Å². The lowest BCUT2D eigenvalue weighted by atomic mass is 10.1. The molecule has 0 saturated heterocycles. The van der Waals surface area contributed by atoms with E-state index in [0.717, 1.165) is 24.3 Å². The van der Waals surface area contributed by atoms with Gasteiger partial charge in [0.25, 0.3) is 5.91 Å². The zero-order valence-electron chi connectivity index (χ0n) is 11.4. The minimum atomic E-state index is -0.961. The zero-order valence-corrected chi connectivity index (χ0v) is 12.1. The molecule has 2 aromatic rings. The van der Waals surface area contributed by atoms with Crippen LogP contribution in [0.1, 0.15) is 5.56 Å². The third-order valence-electron chi connectivity index (χ3n) is 3.35. The van der Waals surface area contributed by atoms with Gasteiger partial charge in [-0.05, 0) is 35.9 Å². The van der Waals surface area contributed by atoms with Gasteiger partial charge in [0.1, 0.15) is 11.6 Å². The molecule has 4 nitrogen and oxygen atoms in total. The highest BCUT2D eigenvalue weighted by Gasteiger charge is 2.40. The van der Waals surface area contributed by atoms with Gasteiger partial charge >= 0.3 is 5.91 Å². The number of nitrogens with zero attached hydrogens (tertiary/aromatic N) is 1. The van der Waals surface area contributed by atoms with Crippen LogP contribution in [0.25, 0.3) is 5.57 Å². The maximum absolute atomic E-state index is 13.2. The molecule has 7 heteroatoms. The smallest absolute Gasteiger partial charge is 0.301 e. The van der Waals surface area contributed by atoms with E-state index in [9.17, 15) is 23.5 Å². The summed E-state index contributed by atoms with van der Waals surface area (Å²) in [5.41, 5.74) is -0.0385. The van der Waals surface area contributed by atoms with E-state index in [-0.39, 0.29) is 21.8 Å². The number of carbonyl (C=O) groups excluding carboxylic acids is 2. The van der Waals surface area contributed by atoms with Crippen LogP contribution in [-0.4, -0.2) is 16.9 Å². The molecule has 1 heterocycles. The number of halogens is 3. The normalized spacial score (nSPS) is 14.8. The minimum absolute atomic E-state index is 0.0232. The predicted octanol–water partition coefficient (Wildman–Crippen LogP) is 3.46. The molecule has 0 radical (unpaired) electrons. The summed E-state index contributed by atoms with van der Waals surface area (Å²) >= 11 is 5.65. The van der Waals surface area contributed by atoms with Crippen molar-refractivity contribution in [2.24, 2.45) is 0 Å². The number of anilines is 1. The van der Waals surface area contributed by atoms with Crippen LogP contribution in [-0.2, 0) is 9.59 Å². The van der Waals surface area contributed by atoms with Gasteiger partial charge in [-0.1, -0.05) is 23.7 Å². The summed E-state index contributed by atoms with van der Waals surface area (Å²) in [7, 11) is 0. The van der Waals surface area contributed by atoms with Gasteiger partial charge in [0.2, 0.25) is 0 Å². The van der Waals surface area contributed by atoms with E-state index < -0.39 is 29.2 Å². The van der Waals surface area contributed by atoms with Gasteiger partial charge in [-0.25, -0.2) is 13.7 Å². The maximum atomic E-state index is 13.2. The first-order chi connectivity index (χ1) is 10.9. The first-order valence-corrected chi connectivity index (χ1v) is 6.81. The van der Waals surface area contributed by atoms with Crippen molar-refractivity contribution in [3.63, 3.8) is 0 Å². The van der Waals surface area contributed by atoms with Gasteiger partial charge in [-0.15, -0.1) is 0 Å². The lowest BCUT2D eigenvalue weighted by Crippen LogP contribution is -2.31. The molecule has 0 fully saturated rings. The fraction of sp³-hybridized carbons (Fsp3) is 0. The molecule has 1 aliphatic rings. The fourth-order valence-corrected chi connectivity index (χ4v) is 2.43. The fourth-order valence-electron chi connectivity index (χ4n) is 2.25.